The van der Waals surface area contributed by atoms with Gasteiger partial charge in [0.25, 0.3) is 0 Å². The van der Waals surface area contributed by atoms with E-state index < -0.39 is 0 Å². The van der Waals surface area contributed by atoms with Crippen molar-refractivity contribution >= 4 is 5.78 Å². The largest absolute Gasteiger partial charge is 0.497 e. The first kappa shape index (κ1) is 12.3. The first-order valence-electron chi connectivity index (χ1n) is 6.90. The number of carbonyl (C=O) groups excluding carboxylic acids is 1. The lowest BCUT2D eigenvalue weighted by atomic mass is 9.95. The molecule has 1 aliphatic heterocycles. The highest BCUT2D eigenvalue weighted by Crippen LogP contribution is 2.42. The van der Waals surface area contributed by atoms with Crippen molar-refractivity contribution in [3.63, 3.8) is 0 Å². The van der Waals surface area contributed by atoms with E-state index >= 15 is 0 Å². The molecule has 4 nitrogen and oxygen atoms in total. The van der Waals surface area contributed by atoms with Gasteiger partial charge >= 0.3 is 0 Å². The van der Waals surface area contributed by atoms with Crippen molar-refractivity contribution < 1.29 is 19.0 Å². The zero-order valence-corrected chi connectivity index (χ0v) is 11.6. The number of fused-ring (bicyclic) bond motifs is 4. The summed E-state index contributed by atoms with van der Waals surface area (Å²) in [4.78, 5) is 12.4. The normalized spacial score (nSPS) is 15.2. The number of carbonyl (C=O) groups is 1. The molecule has 4 rings (SSSR count). The van der Waals surface area contributed by atoms with Crippen molar-refractivity contribution in [2.45, 2.75) is 12.8 Å². The van der Waals surface area contributed by atoms with Gasteiger partial charge in [0.1, 0.15) is 5.75 Å². The number of Topliss-reactive ketones (excluding diaryl/α,β-unsaturated/α-hetero) is 1. The number of ether oxygens (including phenoxy) is 3. The summed E-state index contributed by atoms with van der Waals surface area (Å²) in [6.45, 7) is 0.210. The van der Waals surface area contributed by atoms with Crippen molar-refractivity contribution in [2.75, 3.05) is 13.9 Å². The maximum Gasteiger partial charge on any atom is 0.231 e. The van der Waals surface area contributed by atoms with E-state index in [1.165, 1.54) is 0 Å². The molecule has 0 atom stereocenters. The molecule has 1 aliphatic carbocycles. The topological polar surface area (TPSA) is 44.8 Å². The van der Waals surface area contributed by atoms with Crippen molar-refractivity contribution in [2.24, 2.45) is 0 Å². The van der Waals surface area contributed by atoms with Gasteiger partial charge in [-0.1, -0.05) is 6.07 Å². The van der Waals surface area contributed by atoms with Gasteiger partial charge in [-0.15, -0.1) is 0 Å². The maximum atomic E-state index is 12.4. The third-order valence-electron chi connectivity index (χ3n) is 4.04. The molecule has 106 valence electrons. The van der Waals surface area contributed by atoms with E-state index in [-0.39, 0.29) is 12.6 Å². The second-order valence-corrected chi connectivity index (χ2v) is 5.20. The number of aryl methyl sites for hydroxylation is 1. The third kappa shape index (κ3) is 1.87. The SMILES string of the molecule is COc1ccc2c(c1)CCC(=O)c1cc3c(cc1-2)OCO3. The first-order valence-corrected chi connectivity index (χ1v) is 6.90. The van der Waals surface area contributed by atoms with Gasteiger partial charge in [-0.2, -0.15) is 0 Å². The second-order valence-electron chi connectivity index (χ2n) is 5.20. The Morgan fingerprint density at radius 2 is 1.71 bits per heavy atom. The summed E-state index contributed by atoms with van der Waals surface area (Å²) in [6.07, 6.45) is 1.21. The van der Waals surface area contributed by atoms with E-state index in [0.717, 1.165) is 22.4 Å². The summed E-state index contributed by atoms with van der Waals surface area (Å²) in [5, 5.41) is 0. The quantitative estimate of drug-likeness (QED) is 0.805. The molecule has 0 unspecified atom stereocenters. The molecular formula is C17H14O4. The van der Waals surface area contributed by atoms with E-state index in [0.29, 0.717) is 29.9 Å². The highest BCUT2D eigenvalue weighted by atomic mass is 16.7. The number of methoxy groups -OCH3 is 1. The molecule has 0 aromatic heterocycles. The van der Waals surface area contributed by atoms with Gasteiger partial charge in [-0.3, -0.25) is 4.79 Å². The lowest BCUT2D eigenvalue weighted by molar-refractivity contribution is 0.0984. The lowest BCUT2D eigenvalue weighted by Gasteiger charge is -2.11. The fourth-order valence-electron chi connectivity index (χ4n) is 2.95. The molecule has 21 heavy (non-hydrogen) atoms. The van der Waals surface area contributed by atoms with E-state index in [1.807, 2.05) is 24.3 Å². The Hall–Kier alpha value is -2.49. The number of benzene rings is 2. The summed E-state index contributed by atoms with van der Waals surface area (Å²) in [6, 6.07) is 9.64. The molecule has 0 radical (unpaired) electrons. The number of hydrogen-bond acceptors (Lipinski definition) is 4. The highest BCUT2D eigenvalue weighted by Gasteiger charge is 2.25. The number of hydrogen-bond donors (Lipinski definition) is 0. The van der Waals surface area contributed by atoms with E-state index in [9.17, 15) is 4.79 Å². The van der Waals surface area contributed by atoms with Gasteiger partial charge in [-0.25, -0.2) is 0 Å². The van der Waals surface area contributed by atoms with Crippen LogP contribution in [0.25, 0.3) is 11.1 Å². The molecular weight excluding hydrogens is 268 g/mol. The van der Waals surface area contributed by atoms with Gasteiger partial charge in [0, 0.05) is 12.0 Å². The van der Waals surface area contributed by atoms with Crippen LogP contribution < -0.4 is 14.2 Å². The Morgan fingerprint density at radius 3 is 2.48 bits per heavy atom. The Labute approximate surface area is 122 Å². The first-order chi connectivity index (χ1) is 10.3. The fraction of sp³-hybridized carbons (Fsp3) is 0.235. The van der Waals surface area contributed by atoms with Crippen LogP contribution in [0.15, 0.2) is 30.3 Å². The second kappa shape index (κ2) is 4.52. The van der Waals surface area contributed by atoms with E-state index in [1.54, 1.807) is 13.2 Å². The highest BCUT2D eigenvalue weighted by molar-refractivity contribution is 6.05. The Kier molecular flexibility index (Phi) is 2.64. The molecule has 2 aromatic rings. The summed E-state index contributed by atoms with van der Waals surface area (Å²) in [5.41, 5.74) is 3.82. The number of rotatable bonds is 1. The van der Waals surface area contributed by atoms with Crippen LogP contribution in [0.1, 0.15) is 22.3 Å². The average molecular weight is 282 g/mol. The predicted molar refractivity (Wildman–Crippen MR) is 77.2 cm³/mol. The summed E-state index contributed by atoms with van der Waals surface area (Å²) >= 11 is 0. The van der Waals surface area contributed by atoms with Crippen LogP contribution in [-0.2, 0) is 6.42 Å². The lowest BCUT2D eigenvalue weighted by Crippen LogP contribution is -1.99. The van der Waals surface area contributed by atoms with Crippen LogP contribution in [0.3, 0.4) is 0 Å². The summed E-state index contributed by atoms with van der Waals surface area (Å²) < 4.78 is 16.1. The molecule has 4 heteroatoms. The van der Waals surface area contributed by atoms with Crippen LogP contribution in [0, 0.1) is 0 Å². The molecule has 1 heterocycles. The van der Waals surface area contributed by atoms with Gasteiger partial charge in [0.2, 0.25) is 6.79 Å². The molecule has 0 saturated carbocycles. The van der Waals surface area contributed by atoms with Crippen LogP contribution >= 0.6 is 0 Å². The molecule has 0 amide bonds. The van der Waals surface area contributed by atoms with Gasteiger partial charge in [-0.05, 0) is 47.4 Å². The van der Waals surface area contributed by atoms with Crippen molar-refractivity contribution in [1.82, 2.24) is 0 Å². The molecule has 0 saturated heterocycles. The third-order valence-corrected chi connectivity index (χ3v) is 4.04. The zero-order valence-electron chi connectivity index (χ0n) is 11.6. The minimum absolute atomic E-state index is 0.137. The van der Waals surface area contributed by atoms with Crippen LogP contribution in [0.4, 0.5) is 0 Å². The monoisotopic (exact) mass is 282 g/mol. The average Bonchev–Trinajstić information content (AvgIpc) is 2.93. The smallest absolute Gasteiger partial charge is 0.231 e. The molecule has 0 bridgehead atoms. The molecule has 0 fully saturated rings. The van der Waals surface area contributed by atoms with Crippen LogP contribution in [0.2, 0.25) is 0 Å². The van der Waals surface area contributed by atoms with Crippen molar-refractivity contribution in [3.8, 4) is 28.4 Å². The molecule has 0 spiro atoms. The van der Waals surface area contributed by atoms with Gasteiger partial charge in [0.05, 0.1) is 7.11 Å². The Morgan fingerprint density at radius 1 is 0.952 bits per heavy atom. The standard InChI is InChI=1S/C17H14O4/c1-19-11-3-4-12-10(6-11)2-5-15(18)14-8-17-16(7-13(12)14)20-9-21-17/h3-4,6-8H,2,5,9H2,1H3. The fourth-order valence-corrected chi connectivity index (χ4v) is 2.95. The molecule has 2 aliphatic rings. The van der Waals surface area contributed by atoms with Crippen molar-refractivity contribution in [1.29, 1.82) is 0 Å². The minimum atomic E-state index is 0.137. The van der Waals surface area contributed by atoms with Gasteiger partial charge in [0.15, 0.2) is 17.3 Å². The minimum Gasteiger partial charge on any atom is -0.497 e. The van der Waals surface area contributed by atoms with Crippen LogP contribution in [-0.4, -0.2) is 19.7 Å². The van der Waals surface area contributed by atoms with Gasteiger partial charge < -0.3 is 14.2 Å². The number of ketones is 1. The molecule has 2 aromatic carbocycles. The zero-order chi connectivity index (χ0) is 14.4. The predicted octanol–water partition coefficient (Wildman–Crippen LogP) is 3.22. The maximum absolute atomic E-state index is 12.4. The van der Waals surface area contributed by atoms with E-state index in [4.69, 9.17) is 14.2 Å². The summed E-state index contributed by atoms with van der Waals surface area (Å²) in [5.74, 6) is 2.30. The molecule has 0 N–H and O–H groups in total. The summed E-state index contributed by atoms with van der Waals surface area (Å²) in [7, 11) is 1.65. The van der Waals surface area contributed by atoms with Crippen molar-refractivity contribution in [3.05, 3.63) is 41.5 Å². The Balaban J connectivity index is 1.96. The van der Waals surface area contributed by atoms with E-state index in [2.05, 4.69) is 0 Å². The van der Waals surface area contributed by atoms with Crippen LogP contribution in [0.5, 0.6) is 17.2 Å². The Bertz CT molecular complexity index is 749.